The number of nitrogens with zero attached hydrogens (tertiary/aromatic N) is 2. The number of nitrogens with one attached hydrogen (secondary N) is 2. The third kappa shape index (κ3) is 3.93. The molecule has 0 amide bonds. The summed E-state index contributed by atoms with van der Waals surface area (Å²) >= 11 is 0. The Labute approximate surface area is 119 Å². The highest BCUT2D eigenvalue weighted by atomic mass is 15.3. The van der Waals surface area contributed by atoms with E-state index in [0.29, 0.717) is 12.0 Å². The molecule has 2 aromatic rings. The van der Waals surface area contributed by atoms with Crippen molar-refractivity contribution < 1.29 is 0 Å². The molecule has 0 radical (unpaired) electrons. The third-order valence-corrected chi connectivity index (χ3v) is 3.19. The number of nitrogens with two attached hydrogens (primary N) is 1. The molecular formula is C15H21N5. The predicted octanol–water partition coefficient (Wildman–Crippen LogP) is 2.50. The molecule has 0 saturated carbocycles. The lowest BCUT2D eigenvalue weighted by molar-refractivity contribution is 0.701. The largest absolute Gasteiger partial charge is 0.367 e. The van der Waals surface area contributed by atoms with Crippen LogP contribution >= 0.6 is 0 Å². The molecule has 4 N–H and O–H groups in total. The molecule has 0 saturated heterocycles. The van der Waals surface area contributed by atoms with E-state index in [1.54, 1.807) is 6.20 Å². The molecule has 1 heterocycles. The zero-order valence-corrected chi connectivity index (χ0v) is 11.9. The van der Waals surface area contributed by atoms with Crippen molar-refractivity contribution in [2.75, 3.05) is 10.7 Å². The Hall–Kier alpha value is -2.14. The number of benzene rings is 1. The van der Waals surface area contributed by atoms with Crippen LogP contribution in [0.3, 0.4) is 0 Å². The number of hydrogen-bond donors (Lipinski definition) is 3. The molecule has 1 aromatic heterocycles. The van der Waals surface area contributed by atoms with Gasteiger partial charge < -0.3 is 5.32 Å². The van der Waals surface area contributed by atoms with Crippen molar-refractivity contribution in [3.8, 4) is 0 Å². The molecule has 0 aliphatic heterocycles. The van der Waals surface area contributed by atoms with Crippen LogP contribution in [0.2, 0.25) is 0 Å². The minimum Gasteiger partial charge on any atom is -0.367 e. The van der Waals surface area contributed by atoms with Crippen LogP contribution in [0.5, 0.6) is 0 Å². The van der Waals surface area contributed by atoms with Gasteiger partial charge in [-0.2, -0.15) is 4.98 Å². The molecule has 1 atom stereocenters. The van der Waals surface area contributed by atoms with Crippen LogP contribution in [0.15, 0.2) is 36.5 Å². The molecule has 0 aliphatic rings. The van der Waals surface area contributed by atoms with Gasteiger partial charge in [0, 0.05) is 17.8 Å². The van der Waals surface area contributed by atoms with Crippen molar-refractivity contribution in [3.63, 3.8) is 0 Å². The topological polar surface area (TPSA) is 75.9 Å². The molecule has 1 aromatic carbocycles. The summed E-state index contributed by atoms with van der Waals surface area (Å²) in [4.78, 5) is 8.40. The van der Waals surface area contributed by atoms with Crippen molar-refractivity contribution in [1.29, 1.82) is 0 Å². The van der Waals surface area contributed by atoms with Crippen LogP contribution in [0, 0.1) is 6.92 Å². The summed E-state index contributed by atoms with van der Waals surface area (Å²) in [7, 11) is 0. The highest BCUT2D eigenvalue weighted by Gasteiger charge is 2.07. The van der Waals surface area contributed by atoms with Gasteiger partial charge in [0.05, 0.1) is 0 Å². The smallest absolute Gasteiger partial charge is 0.239 e. The Bertz CT molecular complexity index is 541. The summed E-state index contributed by atoms with van der Waals surface area (Å²) < 4.78 is 0. The van der Waals surface area contributed by atoms with Gasteiger partial charge in [0.15, 0.2) is 0 Å². The third-order valence-electron chi connectivity index (χ3n) is 3.19. The number of rotatable bonds is 6. The molecule has 106 valence electrons. The first-order valence-corrected chi connectivity index (χ1v) is 6.79. The van der Waals surface area contributed by atoms with E-state index in [0.717, 1.165) is 24.2 Å². The Morgan fingerprint density at radius 2 is 2.00 bits per heavy atom. The molecular weight excluding hydrogens is 250 g/mol. The summed E-state index contributed by atoms with van der Waals surface area (Å²) in [5.74, 6) is 6.58. The van der Waals surface area contributed by atoms with E-state index in [1.165, 1.54) is 5.56 Å². The lowest BCUT2D eigenvalue weighted by atomic mass is 10.1. The van der Waals surface area contributed by atoms with Crippen molar-refractivity contribution in [2.24, 2.45) is 5.84 Å². The first kappa shape index (κ1) is 14.3. The Kier molecular flexibility index (Phi) is 4.90. The summed E-state index contributed by atoms with van der Waals surface area (Å²) in [6.45, 7) is 4.13. The number of hydrazine groups is 1. The normalized spacial score (nSPS) is 11.9. The van der Waals surface area contributed by atoms with Crippen LogP contribution in [0.4, 0.5) is 11.8 Å². The van der Waals surface area contributed by atoms with Gasteiger partial charge in [-0.25, -0.2) is 10.8 Å². The zero-order chi connectivity index (χ0) is 14.4. The molecule has 0 fully saturated rings. The van der Waals surface area contributed by atoms with Gasteiger partial charge in [0.25, 0.3) is 0 Å². The fourth-order valence-electron chi connectivity index (χ4n) is 1.99. The molecule has 5 heteroatoms. The van der Waals surface area contributed by atoms with Gasteiger partial charge in [-0.15, -0.1) is 0 Å². The number of anilines is 2. The van der Waals surface area contributed by atoms with Crippen molar-refractivity contribution in [1.82, 2.24) is 9.97 Å². The number of aryl methyl sites for hydroxylation is 2. The second-order valence-corrected chi connectivity index (χ2v) is 4.94. The number of hydrogen-bond acceptors (Lipinski definition) is 5. The van der Waals surface area contributed by atoms with Crippen molar-refractivity contribution in [2.45, 2.75) is 32.7 Å². The zero-order valence-electron chi connectivity index (χ0n) is 11.9. The number of aromatic nitrogens is 2. The van der Waals surface area contributed by atoms with Crippen LogP contribution in [-0.4, -0.2) is 16.0 Å². The fourth-order valence-corrected chi connectivity index (χ4v) is 1.99. The van der Waals surface area contributed by atoms with E-state index in [-0.39, 0.29) is 0 Å². The molecule has 1 unspecified atom stereocenters. The van der Waals surface area contributed by atoms with Crippen molar-refractivity contribution in [3.05, 3.63) is 47.7 Å². The van der Waals surface area contributed by atoms with E-state index >= 15 is 0 Å². The van der Waals surface area contributed by atoms with Gasteiger partial charge in [-0.1, -0.05) is 30.3 Å². The molecule has 0 spiro atoms. The van der Waals surface area contributed by atoms with E-state index in [2.05, 4.69) is 51.9 Å². The summed E-state index contributed by atoms with van der Waals surface area (Å²) in [6.07, 6.45) is 3.84. The van der Waals surface area contributed by atoms with Gasteiger partial charge in [0.1, 0.15) is 5.82 Å². The van der Waals surface area contributed by atoms with E-state index in [1.807, 2.05) is 13.0 Å². The Balaban J connectivity index is 1.92. The lowest BCUT2D eigenvalue weighted by Gasteiger charge is -2.16. The van der Waals surface area contributed by atoms with Gasteiger partial charge >= 0.3 is 0 Å². The Morgan fingerprint density at radius 1 is 1.25 bits per heavy atom. The summed E-state index contributed by atoms with van der Waals surface area (Å²) in [5, 5.41) is 3.41. The Morgan fingerprint density at radius 3 is 2.70 bits per heavy atom. The molecule has 5 nitrogen and oxygen atoms in total. The standard InChI is InChI=1S/C15H21N5/c1-11-10-17-15(20-16)19-14(11)18-12(2)8-9-13-6-4-3-5-7-13/h3-7,10,12H,8-9,16H2,1-2H3,(H2,17,18,19,20). The minimum atomic E-state index is 0.328. The highest BCUT2D eigenvalue weighted by molar-refractivity contribution is 5.46. The maximum absolute atomic E-state index is 5.33. The fraction of sp³-hybridized carbons (Fsp3) is 0.333. The molecule has 0 bridgehead atoms. The maximum atomic E-state index is 5.33. The molecule has 2 rings (SSSR count). The maximum Gasteiger partial charge on any atom is 0.239 e. The monoisotopic (exact) mass is 271 g/mol. The highest BCUT2D eigenvalue weighted by Crippen LogP contribution is 2.15. The average Bonchev–Trinajstić information content (AvgIpc) is 2.48. The second kappa shape index (κ2) is 6.86. The first-order valence-electron chi connectivity index (χ1n) is 6.79. The summed E-state index contributed by atoms with van der Waals surface area (Å²) in [5.41, 5.74) is 4.82. The quantitative estimate of drug-likeness (QED) is 0.556. The van der Waals surface area contributed by atoms with Gasteiger partial charge in [-0.05, 0) is 32.3 Å². The van der Waals surface area contributed by atoms with Crippen LogP contribution in [0.1, 0.15) is 24.5 Å². The van der Waals surface area contributed by atoms with Crippen molar-refractivity contribution >= 4 is 11.8 Å². The lowest BCUT2D eigenvalue weighted by Crippen LogP contribution is -2.19. The van der Waals surface area contributed by atoms with E-state index < -0.39 is 0 Å². The van der Waals surface area contributed by atoms with Gasteiger partial charge in [-0.3, -0.25) is 5.43 Å². The summed E-state index contributed by atoms with van der Waals surface area (Å²) in [6, 6.07) is 10.8. The predicted molar refractivity (Wildman–Crippen MR) is 82.4 cm³/mol. The minimum absolute atomic E-state index is 0.328. The van der Waals surface area contributed by atoms with Crippen LogP contribution < -0.4 is 16.6 Å². The first-order chi connectivity index (χ1) is 9.69. The number of nitrogen functional groups attached to an aromatic ring is 1. The molecule has 0 aliphatic carbocycles. The second-order valence-electron chi connectivity index (χ2n) is 4.94. The average molecular weight is 271 g/mol. The van der Waals surface area contributed by atoms with E-state index in [4.69, 9.17) is 5.84 Å². The molecule has 20 heavy (non-hydrogen) atoms. The SMILES string of the molecule is Cc1cnc(NN)nc1NC(C)CCc1ccccc1. The van der Waals surface area contributed by atoms with Crippen LogP contribution in [0.25, 0.3) is 0 Å². The van der Waals surface area contributed by atoms with Gasteiger partial charge in [0.2, 0.25) is 5.95 Å². The van der Waals surface area contributed by atoms with E-state index in [9.17, 15) is 0 Å². The van der Waals surface area contributed by atoms with Crippen LogP contribution in [-0.2, 0) is 6.42 Å².